The lowest BCUT2D eigenvalue weighted by Gasteiger charge is -2.12. The Bertz CT molecular complexity index is 982. The topological polar surface area (TPSA) is 96.5 Å². The van der Waals surface area contributed by atoms with Crippen molar-refractivity contribution in [2.75, 3.05) is 27.8 Å². The van der Waals surface area contributed by atoms with Crippen LogP contribution in [0.4, 0.5) is 0 Å². The van der Waals surface area contributed by atoms with Gasteiger partial charge < -0.3 is 20.1 Å². The third-order valence-electron chi connectivity index (χ3n) is 4.71. The highest BCUT2D eigenvalue weighted by Gasteiger charge is 2.07. The minimum atomic E-state index is 0.487. The highest BCUT2D eigenvalue weighted by molar-refractivity contribution is 5.79. The standard InChI is InChI=1S/C22H28N6O2/c1-15-5-6-16(13-19(15)30-4)11-12-24-22(23-2)25-14-20-26-21(28-27-20)17-7-9-18(29-3)10-8-17/h5-10,13H,11-12,14H2,1-4H3,(H2,23,24,25)(H,26,27,28). The normalized spacial score (nSPS) is 11.3. The lowest BCUT2D eigenvalue weighted by atomic mass is 10.1. The van der Waals surface area contributed by atoms with Gasteiger partial charge in [0.1, 0.15) is 17.3 Å². The van der Waals surface area contributed by atoms with Gasteiger partial charge in [-0.05, 0) is 54.8 Å². The van der Waals surface area contributed by atoms with Gasteiger partial charge in [0, 0.05) is 19.2 Å². The van der Waals surface area contributed by atoms with Crippen LogP contribution in [0.15, 0.2) is 47.5 Å². The Balaban J connectivity index is 1.49. The molecule has 1 aromatic heterocycles. The minimum Gasteiger partial charge on any atom is -0.497 e. The molecule has 0 atom stereocenters. The van der Waals surface area contributed by atoms with Crippen LogP contribution >= 0.6 is 0 Å². The van der Waals surface area contributed by atoms with Crippen LogP contribution in [0.25, 0.3) is 11.4 Å². The molecule has 0 radical (unpaired) electrons. The van der Waals surface area contributed by atoms with Crippen LogP contribution in [0, 0.1) is 6.92 Å². The average Bonchev–Trinajstić information content (AvgIpc) is 3.26. The van der Waals surface area contributed by atoms with Gasteiger partial charge in [0.2, 0.25) is 0 Å². The molecule has 0 saturated heterocycles. The van der Waals surface area contributed by atoms with E-state index in [1.54, 1.807) is 21.3 Å². The van der Waals surface area contributed by atoms with E-state index in [9.17, 15) is 0 Å². The highest BCUT2D eigenvalue weighted by atomic mass is 16.5. The smallest absolute Gasteiger partial charge is 0.191 e. The van der Waals surface area contributed by atoms with E-state index >= 15 is 0 Å². The Hall–Kier alpha value is -3.55. The zero-order chi connectivity index (χ0) is 21.3. The number of nitrogens with one attached hydrogen (secondary N) is 3. The van der Waals surface area contributed by atoms with Crippen LogP contribution in [0.3, 0.4) is 0 Å². The third-order valence-corrected chi connectivity index (χ3v) is 4.71. The summed E-state index contributed by atoms with van der Waals surface area (Å²) >= 11 is 0. The molecule has 0 aliphatic carbocycles. The second-order valence-electron chi connectivity index (χ2n) is 6.74. The first-order valence-electron chi connectivity index (χ1n) is 9.76. The number of aromatic amines is 1. The van der Waals surface area contributed by atoms with E-state index < -0.39 is 0 Å². The first-order valence-corrected chi connectivity index (χ1v) is 9.76. The molecular weight excluding hydrogens is 380 g/mol. The molecule has 158 valence electrons. The number of methoxy groups -OCH3 is 2. The second kappa shape index (κ2) is 10.3. The van der Waals surface area contributed by atoms with E-state index in [0.717, 1.165) is 41.4 Å². The van der Waals surface area contributed by atoms with Crippen LogP contribution in [0.1, 0.15) is 17.0 Å². The summed E-state index contributed by atoms with van der Waals surface area (Å²) in [7, 11) is 5.08. The molecule has 8 heteroatoms. The largest absolute Gasteiger partial charge is 0.497 e. The van der Waals surface area contributed by atoms with E-state index in [1.807, 2.05) is 31.2 Å². The van der Waals surface area contributed by atoms with Crippen LogP contribution < -0.4 is 20.1 Å². The van der Waals surface area contributed by atoms with Crippen molar-refractivity contribution >= 4 is 5.96 Å². The zero-order valence-corrected chi connectivity index (χ0v) is 17.8. The van der Waals surface area contributed by atoms with Crippen LogP contribution in [0.5, 0.6) is 11.5 Å². The Morgan fingerprint density at radius 2 is 1.87 bits per heavy atom. The predicted octanol–water partition coefficient (Wildman–Crippen LogP) is 2.71. The van der Waals surface area contributed by atoms with Crippen LogP contribution in [0.2, 0.25) is 0 Å². The van der Waals surface area contributed by atoms with Crippen LogP contribution in [-0.2, 0) is 13.0 Å². The van der Waals surface area contributed by atoms with Crippen molar-refractivity contribution in [3.8, 4) is 22.9 Å². The van der Waals surface area contributed by atoms with Crippen molar-refractivity contribution in [2.24, 2.45) is 4.99 Å². The Morgan fingerprint density at radius 3 is 2.57 bits per heavy atom. The molecular formula is C22H28N6O2. The summed E-state index contributed by atoms with van der Waals surface area (Å²) in [6.07, 6.45) is 0.862. The summed E-state index contributed by atoms with van der Waals surface area (Å²) in [5.74, 6) is 3.79. The predicted molar refractivity (Wildman–Crippen MR) is 118 cm³/mol. The lowest BCUT2D eigenvalue weighted by Crippen LogP contribution is -2.38. The molecule has 3 aromatic rings. The number of guanidine groups is 1. The maximum absolute atomic E-state index is 5.39. The fourth-order valence-corrected chi connectivity index (χ4v) is 2.98. The molecule has 2 aromatic carbocycles. The van der Waals surface area contributed by atoms with Gasteiger partial charge in [0.15, 0.2) is 11.8 Å². The molecule has 3 rings (SSSR count). The summed E-state index contributed by atoms with van der Waals surface area (Å²) in [6, 6.07) is 13.9. The fourth-order valence-electron chi connectivity index (χ4n) is 2.98. The number of hydrogen-bond acceptors (Lipinski definition) is 5. The Morgan fingerprint density at radius 1 is 1.07 bits per heavy atom. The van der Waals surface area contributed by atoms with Gasteiger partial charge in [-0.1, -0.05) is 12.1 Å². The van der Waals surface area contributed by atoms with Gasteiger partial charge in [0.05, 0.1) is 20.8 Å². The van der Waals surface area contributed by atoms with Gasteiger partial charge in [-0.15, -0.1) is 0 Å². The molecule has 0 fully saturated rings. The number of ether oxygens (including phenoxy) is 2. The molecule has 0 amide bonds. The van der Waals surface area contributed by atoms with E-state index in [4.69, 9.17) is 9.47 Å². The van der Waals surface area contributed by atoms with Crippen LogP contribution in [-0.4, -0.2) is 49.0 Å². The van der Waals surface area contributed by atoms with E-state index in [0.29, 0.717) is 18.3 Å². The Labute approximate surface area is 176 Å². The van der Waals surface area contributed by atoms with E-state index in [-0.39, 0.29) is 0 Å². The summed E-state index contributed by atoms with van der Waals surface area (Å²) in [6.45, 7) is 3.27. The fraction of sp³-hybridized carbons (Fsp3) is 0.318. The molecule has 0 spiro atoms. The van der Waals surface area contributed by atoms with Gasteiger partial charge in [0.25, 0.3) is 0 Å². The zero-order valence-electron chi connectivity index (χ0n) is 17.8. The number of nitrogens with zero attached hydrogens (tertiary/aromatic N) is 3. The molecule has 1 heterocycles. The number of rotatable bonds is 8. The molecule has 3 N–H and O–H groups in total. The van der Waals surface area contributed by atoms with Crippen molar-refractivity contribution < 1.29 is 9.47 Å². The van der Waals surface area contributed by atoms with Crippen molar-refractivity contribution in [3.05, 3.63) is 59.4 Å². The van der Waals surface area contributed by atoms with Crippen molar-refractivity contribution in [1.29, 1.82) is 0 Å². The monoisotopic (exact) mass is 408 g/mol. The van der Waals surface area contributed by atoms with Gasteiger partial charge in [-0.25, -0.2) is 4.98 Å². The number of hydrogen-bond donors (Lipinski definition) is 3. The number of benzene rings is 2. The highest BCUT2D eigenvalue weighted by Crippen LogP contribution is 2.19. The van der Waals surface area contributed by atoms with Crippen molar-refractivity contribution in [2.45, 2.75) is 19.9 Å². The summed E-state index contributed by atoms with van der Waals surface area (Å²) in [5.41, 5.74) is 3.27. The molecule has 30 heavy (non-hydrogen) atoms. The van der Waals surface area contributed by atoms with E-state index in [1.165, 1.54) is 5.56 Å². The number of aliphatic imine (C=N–C) groups is 1. The third kappa shape index (κ3) is 5.50. The summed E-state index contributed by atoms with van der Waals surface area (Å²) in [5, 5.41) is 13.8. The number of H-pyrrole nitrogens is 1. The van der Waals surface area contributed by atoms with Gasteiger partial charge in [-0.3, -0.25) is 10.1 Å². The summed E-state index contributed by atoms with van der Waals surface area (Å²) < 4.78 is 10.6. The Kier molecular flexibility index (Phi) is 7.26. The first-order chi connectivity index (χ1) is 14.6. The van der Waals surface area contributed by atoms with Crippen molar-refractivity contribution in [1.82, 2.24) is 25.8 Å². The lowest BCUT2D eigenvalue weighted by molar-refractivity contribution is 0.411. The van der Waals surface area contributed by atoms with Gasteiger partial charge in [-0.2, -0.15) is 5.10 Å². The SMILES string of the molecule is CN=C(NCCc1ccc(C)c(OC)c1)NCc1nc(-c2ccc(OC)cc2)n[nH]1. The number of aryl methyl sites for hydroxylation is 1. The minimum absolute atomic E-state index is 0.487. The van der Waals surface area contributed by atoms with Crippen molar-refractivity contribution in [3.63, 3.8) is 0 Å². The summed E-state index contributed by atoms with van der Waals surface area (Å²) in [4.78, 5) is 8.79. The van der Waals surface area contributed by atoms with Gasteiger partial charge >= 0.3 is 0 Å². The maximum atomic E-state index is 5.39. The molecule has 0 unspecified atom stereocenters. The first kappa shape index (κ1) is 21.2. The molecule has 0 saturated carbocycles. The average molecular weight is 409 g/mol. The molecule has 8 nitrogen and oxygen atoms in total. The molecule has 0 aliphatic rings. The quantitative estimate of drug-likeness (QED) is 0.392. The number of aromatic nitrogens is 3. The van der Waals surface area contributed by atoms with E-state index in [2.05, 4.69) is 49.0 Å². The molecule has 0 aliphatic heterocycles. The maximum Gasteiger partial charge on any atom is 0.191 e. The molecule has 0 bridgehead atoms. The second-order valence-corrected chi connectivity index (χ2v) is 6.74.